The number of aromatic nitrogens is 1. The van der Waals surface area contributed by atoms with E-state index in [-0.39, 0.29) is 11.9 Å². The third kappa shape index (κ3) is 3.06. The second-order valence-corrected chi connectivity index (χ2v) is 6.35. The number of nitrogens with zero attached hydrogens (tertiary/aromatic N) is 1. The summed E-state index contributed by atoms with van der Waals surface area (Å²) < 4.78 is 2.01. The predicted octanol–water partition coefficient (Wildman–Crippen LogP) is 1.95. The van der Waals surface area contributed by atoms with Gasteiger partial charge in [-0.2, -0.15) is 0 Å². The molecular weight excluding hydrogens is 250 g/mol. The Morgan fingerprint density at radius 1 is 1.35 bits per heavy atom. The van der Waals surface area contributed by atoms with Gasteiger partial charge in [-0.1, -0.05) is 12.8 Å². The first-order chi connectivity index (χ1) is 9.72. The zero-order valence-electron chi connectivity index (χ0n) is 12.3. The van der Waals surface area contributed by atoms with Crippen molar-refractivity contribution in [1.29, 1.82) is 0 Å². The van der Waals surface area contributed by atoms with E-state index in [0.717, 1.165) is 17.9 Å². The first kappa shape index (κ1) is 13.7. The number of hydrogen-bond donors (Lipinski definition) is 2. The van der Waals surface area contributed by atoms with E-state index in [4.69, 9.17) is 0 Å². The van der Waals surface area contributed by atoms with Crippen molar-refractivity contribution < 1.29 is 4.79 Å². The zero-order chi connectivity index (χ0) is 13.9. The molecule has 1 saturated carbocycles. The van der Waals surface area contributed by atoms with E-state index in [0.29, 0.717) is 12.6 Å². The van der Waals surface area contributed by atoms with Crippen LogP contribution in [0.15, 0.2) is 18.5 Å². The molecule has 1 aromatic rings. The molecule has 1 aliphatic carbocycles. The molecule has 2 heterocycles. The summed E-state index contributed by atoms with van der Waals surface area (Å²) in [5, 5.41) is 6.64. The summed E-state index contributed by atoms with van der Waals surface area (Å²) in [6, 6.07) is 2.63. The molecule has 2 fully saturated rings. The summed E-state index contributed by atoms with van der Waals surface area (Å²) in [6.07, 6.45) is 11.5. The Bertz CT molecular complexity index is 468. The lowest BCUT2D eigenvalue weighted by atomic mass is 9.77. The average molecular weight is 275 g/mol. The molecule has 0 bridgehead atoms. The molecule has 1 saturated heterocycles. The smallest absolute Gasteiger partial charge is 0.237 e. The molecule has 0 spiro atoms. The number of nitrogens with one attached hydrogen (secondary N) is 2. The number of amides is 1. The van der Waals surface area contributed by atoms with E-state index in [1.165, 1.54) is 32.1 Å². The molecular formula is C16H25N3O. The highest BCUT2D eigenvalue weighted by molar-refractivity contribution is 5.81. The molecule has 4 heteroatoms. The van der Waals surface area contributed by atoms with Gasteiger partial charge in [0.15, 0.2) is 0 Å². The summed E-state index contributed by atoms with van der Waals surface area (Å²) in [5.74, 6) is 0.972. The van der Waals surface area contributed by atoms with Gasteiger partial charge in [0, 0.05) is 32.0 Å². The summed E-state index contributed by atoms with van der Waals surface area (Å²) >= 11 is 0. The lowest BCUT2D eigenvalue weighted by Crippen LogP contribution is -2.54. The standard InChI is InChI=1S/C16H25N3O/c1-19-9-8-12(11-19)10-17-16(20)15-7-6-13-4-2-3-5-14(13)18-15/h8-9,11,13-15,18H,2-7,10H2,1H3,(H,17,20). The van der Waals surface area contributed by atoms with E-state index in [9.17, 15) is 4.79 Å². The molecule has 2 aliphatic rings. The van der Waals surface area contributed by atoms with Gasteiger partial charge in [-0.15, -0.1) is 0 Å². The minimum Gasteiger partial charge on any atom is -0.357 e. The van der Waals surface area contributed by atoms with Gasteiger partial charge in [0.1, 0.15) is 0 Å². The number of carbonyl (C=O) groups is 1. The average Bonchev–Trinajstić information content (AvgIpc) is 2.90. The van der Waals surface area contributed by atoms with Gasteiger partial charge >= 0.3 is 0 Å². The highest BCUT2D eigenvalue weighted by atomic mass is 16.2. The Morgan fingerprint density at radius 2 is 2.20 bits per heavy atom. The maximum Gasteiger partial charge on any atom is 0.237 e. The Labute approximate surface area is 120 Å². The number of carbonyl (C=O) groups excluding carboxylic acids is 1. The van der Waals surface area contributed by atoms with Crippen molar-refractivity contribution >= 4 is 5.91 Å². The van der Waals surface area contributed by atoms with Crippen LogP contribution >= 0.6 is 0 Å². The third-order valence-electron chi connectivity index (χ3n) is 4.83. The lowest BCUT2D eigenvalue weighted by molar-refractivity contribution is -0.124. The second kappa shape index (κ2) is 6.00. The van der Waals surface area contributed by atoms with E-state index >= 15 is 0 Å². The highest BCUT2D eigenvalue weighted by Gasteiger charge is 2.34. The van der Waals surface area contributed by atoms with E-state index in [2.05, 4.69) is 10.6 Å². The van der Waals surface area contributed by atoms with Crippen molar-refractivity contribution in [3.8, 4) is 0 Å². The van der Waals surface area contributed by atoms with Crippen LogP contribution in [-0.4, -0.2) is 22.6 Å². The van der Waals surface area contributed by atoms with Crippen molar-refractivity contribution in [3.63, 3.8) is 0 Å². The van der Waals surface area contributed by atoms with Gasteiger partial charge in [0.05, 0.1) is 6.04 Å². The highest BCUT2D eigenvalue weighted by Crippen LogP contribution is 2.32. The van der Waals surface area contributed by atoms with Crippen LogP contribution in [0.4, 0.5) is 0 Å². The van der Waals surface area contributed by atoms with Crippen molar-refractivity contribution in [2.45, 2.75) is 57.2 Å². The number of rotatable bonds is 3. The van der Waals surface area contributed by atoms with E-state index < -0.39 is 0 Å². The number of fused-ring (bicyclic) bond motifs is 1. The van der Waals surface area contributed by atoms with Crippen LogP contribution in [0.1, 0.15) is 44.1 Å². The van der Waals surface area contributed by atoms with Gasteiger partial charge < -0.3 is 15.2 Å². The Hall–Kier alpha value is -1.29. The molecule has 110 valence electrons. The van der Waals surface area contributed by atoms with Crippen LogP contribution in [0.3, 0.4) is 0 Å². The van der Waals surface area contributed by atoms with Crippen LogP contribution in [0.5, 0.6) is 0 Å². The second-order valence-electron chi connectivity index (χ2n) is 6.35. The minimum atomic E-state index is 0.0121. The minimum absolute atomic E-state index is 0.0121. The zero-order valence-corrected chi connectivity index (χ0v) is 12.3. The number of piperidine rings is 1. The van der Waals surface area contributed by atoms with Crippen molar-refractivity contribution in [2.75, 3.05) is 0 Å². The molecule has 0 aromatic carbocycles. The Kier molecular flexibility index (Phi) is 4.10. The lowest BCUT2D eigenvalue weighted by Gasteiger charge is -2.39. The van der Waals surface area contributed by atoms with E-state index in [1.54, 1.807) is 0 Å². The fraction of sp³-hybridized carbons (Fsp3) is 0.688. The van der Waals surface area contributed by atoms with Gasteiger partial charge in [-0.25, -0.2) is 0 Å². The molecule has 1 aliphatic heterocycles. The third-order valence-corrected chi connectivity index (χ3v) is 4.83. The molecule has 3 unspecified atom stereocenters. The maximum absolute atomic E-state index is 12.3. The SMILES string of the molecule is Cn1ccc(CNC(=O)C2CCC3CCCCC3N2)c1. The summed E-state index contributed by atoms with van der Waals surface area (Å²) in [4.78, 5) is 12.3. The quantitative estimate of drug-likeness (QED) is 0.885. The normalized spacial score (nSPS) is 29.8. The van der Waals surface area contributed by atoms with Gasteiger partial charge in [-0.3, -0.25) is 4.79 Å². The van der Waals surface area contributed by atoms with Crippen LogP contribution in [-0.2, 0) is 18.4 Å². The maximum atomic E-state index is 12.3. The Morgan fingerprint density at radius 3 is 3.00 bits per heavy atom. The largest absolute Gasteiger partial charge is 0.357 e. The molecule has 4 nitrogen and oxygen atoms in total. The molecule has 0 radical (unpaired) electrons. The van der Waals surface area contributed by atoms with Crippen molar-refractivity contribution in [2.24, 2.45) is 13.0 Å². The first-order valence-corrected chi connectivity index (χ1v) is 7.87. The van der Waals surface area contributed by atoms with Gasteiger partial charge in [0.25, 0.3) is 0 Å². The summed E-state index contributed by atoms with van der Waals surface area (Å²) in [6.45, 7) is 0.631. The van der Waals surface area contributed by atoms with Crippen molar-refractivity contribution in [1.82, 2.24) is 15.2 Å². The molecule has 1 aromatic heterocycles. The van der Waals surface area contributed by atoms with Crippen LogP contribution in [0.25, 0.3) is 0 Å². The predicted molar refractivity (Wildman–Crippen MR) is 79.2 cm³/mol. The molecule has 20 heavy (non-hydrogen) atoms. The van der Waals surface area contributed by atoms with Gasteiger partial charge in [-0.05, 0) is 43.2 Å². The number of aryl methyl sites for hydroxylation is 1. The fourth-order valence-corrected chi connectivity index (χ4v) is 3.68. The van der Waals surface area contributed by atoms with Crippen molar-refractivity contribution in [3.05, 3.63) is 24.0 Å². The number of hydrogen-bond acceptors (Lipinski definition) is 2. The first-order valence-electron chi connectivity index (χ1n) is 7.87. The fourth-order valence-electron chi connectivity index (χ4n) is 3.68. The molecule has 1 amide bonds. The topological polar surface area (TPSA) is 46.1 Å². The summed E-state index contributed by atoms with van der Waals surface area (Å²) in [7, 11) is 2.00. The van der Waals surface area contributed by atoms with E-state index in [1.807, 2.05) is 30.1 Å². The summed E-state index contributed by atoms with van der Waals surface area (Å²) in [5.41, 5.74) is 1.16. The monoisotopic (exact) mass is 275 g/mol. The van der Waals surface area contributed by atoms with Gasteiger partial charge in [0.2, 0.25) is 5.91 Å². The molecule has 3 atom stereocenters. The molecule has 2 N–H and O–H groups in total. The van der Waals surface area contributed by atoms with Crippen LogP contribution in [0.2, 0.25) is 0 Å². The van der Waals surface area contributed by atoms with Crippen LogP contribution in [0, 0.1) is 5.92 Å². The Balaban J connectivity index is 1.50. The molecule has 3 rings (SSSR count). The van der Waals surface area contributed by atoms with Crippen LogP contribution < -0.4 is 10.6 Å².